The number of carbonyl (C=O) groups is 3. The van der Waals surface area contributed by atoms with Crippen LogP contribution >= 0.6 is 0 Å². The summed E-state index contributed by atoms with van der Waals surface area (Å²) in [6.07, 6.45) is 1.57. The van der Waals surface area contributed by atoms with Gasteiger partial charge >= 0.3 is 12.1 Å². The molecule has 2 amide bonds. The van der Waals surface area contributed by atoms with Crippen molar-refractivity contribution in [3.63, 3.8) is 0 Å². The maximum absolute atomic E-state index is 13.2. The van der Waals surface area contributed by atoms with Gasteiger partial charge in [-0.3, -0.25) is 4.79 Å². The molecule has 1 saturated carbocycles. The minimum atomic E-state index is -1.24. The van der Waals surface area contributed by atoms with Gasteiger partial charge < -0.3 is 20.1 Å². The topological polar surface area (TPSA) is 120 Å². The van der Waals surface area contributed by atoms with Gasteiger partial charge in [0, 0.05) is 19.4 Å². The van der Waals surface area contributed by atoms with Gasteiger partial charge in [0.15, 0.2) is 0 Å². The number of ether oxygens (including phenoxy) is 1. The van der Waals surface area contributed by atoms with E-state index in [9.17, 15) is 19.5 Å². The Balaban J connectivity index is 1.44. The lowest BCUT2D eigenvalue weighted by molar-refractivity contribution is -0.165. The molecular formula is C27H29N3O5. The number of carboxylic acid groups (broad SMARTS) is 1. The molecule has 0 saturated heterocycles. The molecule has 182 valence electrons. The van der Waals surface area contributed by atoms with Crippen molar-refractivity contribution in [3.8, 4) is 17.2 Å². The van der Waals surface area contributed by atoms with Crippen LogP contribution in [0.1, 0.15) is 55.6 Å². The number of carbonyl (C=O) groups excluding carboxylic acids is 2. The Labute approximate surface area is 204 Å². The molecule has 2 N–H and O–H groups in total. The first kappa shape index (κ1) is 24.3. The Morgan fingerprint density at radius 2 is 1.74 bits per heavy atom. The van der Waals surface area contributed by atoms with Crippen molar-refractivity contribution < 1.29 is 24.2 Å². The highest BCUT2D eigenvalue weighted by Gasteiger charge is 2.50. The molecule has 0 bridgehead atoms. The predicted octanol–water partition coefficient (Wildman–Crippen LogP) is 4.05. The van der Waals surface area contributed by atoms with Crippen LogP contribution in [0.3, 0.4) is 0 Å². The van der Waals surface area contributed by atoms with Crippen LogP contribution < -0.4 is 5.32 Å². The van der Waals surface area contributed by atoms with Gasteiger partial charge in [-0.15, -0.1) is 0 Å². The summed E-state index contributed by atoms with van der Waals surface area (Å²) in [4.78, 5) is 39.1. The van der Waals surface area contributed by atoms with Crippen LogP contribution in [0.25, 0.3) is 11.1 Å². The fourth-order valence-corrected chi connectivity index (χ4v) is 5.07. The van der Waals surface area contributed by atoms with Crippen molar-refractivity contribution in [2.45, 2.75) is 56.0 Å². The summed E-state index contributed by atoms with van der Waals surface area (Å²) in [5.74, 6) is -1.65. The molecule has 1 atom stereocenters. The summed E-state index contributed by atoms with van der Waals surface area (Å²) in [6.45, 7) is 0.105. The molecule has 0 aliphatic heterocycles. The number of hydrogen-bond donors (Lipinski definition) is 2. The van der Waals surface area contributed by atoms with Gasteiger partial charge in [0.2, 0.25) is 5.91 Å². The van der Waals surface area contributed by atoms with Crippen molar-refractivity contribution >= 4 is 18.0 Å². The van der Waals surface area contributed by atoms with Gasteiger partial charge in [0.25, 0.3) is 0 Å². The molecule has 0 spiro atoms. The number of aliphatic carboxylic acids is 1. The van der Waals surface area contributed by atoms with E-state index in [1.54, 1.807) is 0 Å². The van der Waals surface area contributed by atoms with E-state index in [2.05, 4.69) is 5.32 Å². The molecule has 35 heavy (non-hydrogen) atoms. The van der Waals surface area contributed by atoms with Gasteiger partial charge in [-0.25, -0.2) is 9.59 Å². The van der Waals surface area contributed by atoms with Crippen LogP contribution in [0.4, 0.5) is 4.79 Å². The Morgan fingerprint density at radius 1 is 1.14 bits per heavy atom. The monoisotopic (exact) mass is 475 g/mol. The van der Waals surface area contributed by atoms with Crippen LogP contribution in [-0.2, 0) is 14.3 Å². The number of unbranched alkanes of at least 4 members (excludes halogenated alkanes) is 1. The molecule has 1 unspecified atom stereocenters. The zero-order valence-electron chi connectivity index (χ0n) is 19.7. The molecule has 0 radical (unpaired) electrons. The summed E-state index contributed by atoms with van der Waals surface area (Å²) >= 11 is 0. The third-order valence-corrected chi connectivity index (χ3v) is 7.27. The average molecular weight is 476 g/mol. The number of nitriles is 1. The highest BCUT2D eigenvalue weighted by Crippen LogP contribution is 2.44. The normalized spacial score (nSPS) is 16.1. The summed E-state index contributed by atoms with van der Waals surface area (Å²) < 4.78 is 5.58. The second-order valence-corrected chi connectivity index (χ2v) is 9.16. The van der Waals surface area contributed by atoms with E-state index in [1.807, 2.05) is 54.6 Å². The second-order valence-electron chi connectivity index (χ2n) is 9.16. The first-order valence-corrected chi connectivity index (χ1v) is 11.9. The van der Waals surface area contributed by atoms with E-state index in [1.165, 1.54) is 11.9 Å². The van der Waals surface area contributed by atoms with E-state index in [0.29, 0.717) is 19.3 Å². The van der Waals surface area contributed by atoms with Crippen molar-refractivity contribution in [2.24, 2.45) is 0 Å². The van der Waals surface area contributed by atoms with Crippen molar-refractivity contribution in [1.29, 1.82) is 5.26 Å². The number of likely N-dealkylation sites (N-methyl/N-ethyl adjacent to an activating group) is 1. The van der Waals surface area contributed by atoms with Crippen LogP contribution in [0.5, 0.6) is 0 Å². The lowest BCUT2D eigenvalue weighted by atomic mass is 9.75. The number of carboxylic acids is 1. The van der Waals surface area contributed by atoms with E-state index in [-0.39, 0.29) is 25.4 Å². The minimum absolute atomic E-state index is 0.105. The molecule has 2 aromatic rings. The maximum Gasteiger partial charge on any atom is 0.407 e. The van der Waals surface area contributed by atoms with Crippen LogP contribution in [0, 0.1) is 11.3 Å². The molecule has 8 heteroatoms. The fourth-order valence-electron chi connectivity index (χ4n) is 5.07. The fraction of sp³-hybridized carbons (Fsp3) is 0.407. The molecule has 8 nitrogen and oxygen atoms in total. The van der Waals surface area contributed by atoms with Crippen molar-refractivity contribution in [1.82, 2.24) is 10.2 Å². The molecule has 4 rings (SSSR count). The number of benzene rings is 2. The first-order chi connectivity index (χ1) is 16.9. The first-order valence-electron chi connectivity index (χ1n) is 11.9. The largest absolute Gasteiger partial charge is 0.479 e. The van der Waals surface area contributed by atoms with Crippen LogP contribution in [0.2, 0.25) is 0 Å². The predicted molar refractivity (Wildman–Crippen MR) is 128 cm³/mol. The van der Waals surface area contributed by atoms with Crippen molar-refractivity contribution in [2.75, 3.05) is 13.7 Å². The zero-order chi connectivity index (χ0) is 25.0. The number of amides is 2. The highest BCUT2D eigenvalue weighted by atomic mass is 16.5. The standard InChI is InChI=1S/C27H29N3O5/c1-30(27(25(32)33)14-8-15-27)24(31)23(13-6-7-16-28)29-26(34)35-17-22-20-11-4-2-9-18(20)19-10-3-5-12-21(19)22/h2-5,9-12,22-23H,6-8,13-15,17H2,1H3,(H,29,34)(H,32,33). The minimum Gasteiger partial charge on any atom is -0.479 e. The number of fused-ring (bicyclic) bond motifs is 3. The zero-order valence-corrected chi connectivity index (χ0v) is 19.7. The number of alkyl carbamates (subject to hydrolysis) is 1. The van der Waals surface area contributed by atoms with Crippen LogP contribution in [0.15, 0.2) is 48.5 Å². The smallest absolute Gasteiger partial charge is 0.407 e. The molecule has 2 aliphatic carbocycles. The summed E-state index contributed by atoms with van der Waals surface area (Å²) in [5, 5.41) is 21.2. The summed E-state index contributed by atoms with van der Waals surface area (Å²) in [7, 11) is 1.46. The molecule has 0 heterocycles. The quantitative estimate of drug-likeness (QED) is 0.528. The highest BCUT2D eigenvalue weighted by molar-refractivity contribution is 5.91. The van der Waals surface area contributed by atoms with Crippen LogP contribution in [-0.4, -0.2) is 53.2 Å². The maximum atomic E-state index is 13.2. The van der Waals surface area contributed by atoms with Gasteiger partial charge in [0.1, 0.15) is 18.2 Å². The molecule has 1 fully saturated rings. The van der Waals surface area contributed by atoms with Crippen molar-refractivity contribution in [3.05, 3.63) is 59.7 Å². The van der Waals surface area contributed by atoms with Gasteiger partial charge in [-0.2, -0.15) is 5.26 Å². The lowest BCUT2D eigenvalue weighted by Crippen LogP contribution is -2.63. The number of nitrogens with one attached hydrogen (secondary N) is 1. The lowest BCUT2D eigenvalue weighted by Gasteiger charge is -2.45. The summed E-state index contributed by atoms with van der Waals surface area (Å²) in [6, 6.07) is 17.1. The van der Waals surface area contributed by atoms with Gasteiger partial charge in [-0.05, 0) is 54.4 Å². The Morgan fingerprint density at radius 3 is 2.26 bits per heavy atom. The molecule has 0 aromatic heterocycles. The van der Waals surface area contributed by atoms with E-state index < -0.39 is 29.6 Å². The SMILES string of the molecule is CN(C(=O)C(CCCC#N)NC(=O)OCC1c2ccccc2-c2ccccc21)C1(C(=O)O)CCC1. The number of hydrogen-bond acceptors (Lipinski definition) is 5. The van der Waals surface area contributed by atoms with E-state index >= 15 is 0 Å². The van der Waals surface area contributed by atoms with Gasteiger partial charge in [-0.1, -0.05) is 48.5 Å². The molecule has 2 aliphatic rings. The third-order valence-electron chi connectivity index (χ3n) is 7.27. The third kappa shape index (κ3) is 4.59. The Kier molecular flexibility index (Phi) is 7.06. The molecule has 2 aromatic carbocycles. The Bertz CT molecular complexity index is 1120. The number of rotatable bonds is 9. The summed E-state index contributed by atoms with van der Waals surface area (Å²) in [5.41, 5.74) is 3.14. The average Bonchev–Trinajstić information content (AvgIpc) is 3.14. The number of nitrogens with zero attached hydrogens (tertiary/aromatic N) is 2. The van der Waals surface area contributed by atoms with Gasteiger partial charge in [0.05, 0.1) is 6.07 Å². The second kappa shape index (κ2) is 10.2. The van der Waals surface area contributed by atoms with E-state index in [0.717, 1.165) is 28.7 Å². The van der Waals surface area contributed by atoms with E-state index in [4.69, 9.17) is 10.00 Å². The Hall–Kier alpha value is -3.86. The molecular weight excluding hydrogens is 446 g/mol.